The minimum atomic E-state index is -1.42. The summed E-state index contributed by atoms with van der Waals surface area (Å²) < 4.78 is 20.7. The Hall–Kier alpha value is -2.84. The van der Waals surface area contributed by atoms with Gasteiger partial charge < -0.3 is 24.3 Å². The van der Waals surface area contributed by atoms with Crippen molar-refractivity contribution < 1.29 is 33.3 Å². The lowest BCUT2D eigenvalue weighted by molar-refractivity contribution is -0.168. The van der Waals surface area contributed by atoms with Gasteiger partial charge >= 0.3 is 18.0 Å². The smallest absolute Gasteiger partial charge is 0.407 e. The second-order valence-electron chi connectivity index (χ2n) is 8.28. The summed E-state index contributed by atoms with van der Waals surface area (Å²) in [5.74, 6) is -0.871. The first-order chi connectivity index (χ1) is 13.9. The molecule has 166 valence electrons. The Bertz CT molecular complexity index is 827. The van der Waals surface area contributed by atoms with E-state index in [4.69, 9.17) is 18.9 Å². The molecule has 0 unspecified atom stereocenters. The highest BCUT2D eigenvalue weighted by Gasteiger charge is 2.53. The number of fused-ring (bicyclic) bond motifs is 1. The van der Waals surface area contributed by atoms with E-state index in [2.05, 4.69) is 10.3 Å². The van der Waals surface area contributed by atoms with Crippen LogP contribution in [0.4, 0.5) is 4.79 Å². The molecule has 1 aromatic rings. The zero-order chi connectivity index (χ0) is 22.7. The van der Waals surface area contributed by atoms with Gasteiger partial charge in [0.05, 0.1) is 20.8 Å². The molecular formula is C21H30N2O7. The van der Waals surface area contributed by atoms with E-state index >= 15 is 0 Å². The summed E-state index contributed by atoms with van der Waals surface area (Å²) in [6.45, 7) is 9.40. The Morgan fingerprint density at radius 1 is 1.03 bits per heavy atom. The molecule has 1 aliphatic carbocycles. The summed E-state index contributed by atoms with van der Waals surface area (Å²) >= 11 is 0. The molecule has 0 spiro atoms. The molecule has 0 radical (unpaired) electrons. The van der Waals surface area contributed by atoms with Gasteiger partial charge in [-0.05, 0) is 45.7 Å². The van der Waals surface area contributed by atoms with Gasteiger partial charge in [0.1, 0.15) is 12.2 Å². The number of alkyl carbamates (subject to hydrolysis) is 1. The Kier molecular flexibility index (Phi) is 6.95. The summed E-state index contributed by atoms with van der Waals surface area (Å²) in [5, 5.41) is 2.62. The van der Waals surface area contributed by atoms with E-state index in [0.29, 0.717) is 11.6 Å². The predicted molar refractivity (Wildman–Crippen MR) is 107 cm³/mol. The van der Waals surface area contributed by atoms with Crippen molar-refractivity contribution in [2.45, 2.75) is 53.1 Å². The summed E-state index contributed by atoms with van der Waals surface area (Å²) in [6, 6.07) is 0. The van der Waals surface area contributed by atoms with Gasteiger partial charge in [-0.15, -0.1) is 0 Å². The fourth-order valence-electron chi connectivity index (χ4n) is 3.54. The number of hydrogen-bond acceptors (Lipinski definition) is 8. The minimum Gasteiger partial charge on any atom is -0.476 e. The van der Waals surface area contributed by atoms with Gasteiger partial charge in [0.2, 0.25) is 5.88 Å². The molecule has 0 atom stereocenters. The van der Waals surface area contributed by atoms with Gasteiger partial charge in [-0.2, -0.15) is 0 Å². The maximum atomic E-state index is 12.5. The van der Waals surface area contributed by atoms with Crippen molar-refractivity contribution in [1.29, 1.82) is 0 Å². The van der Waals surface area contributed by atoms with E-state index in [-0.39, 0.29) is 26.0 Å². The molecule has 1 heterocycles. The van der Waals surface area contributed by atoms with Crippen LogP contribution in [0, 0.1) is 19.3 Å². The third kappa shape index (κ3) is 4.83. The number of methoxy groups -OCH3 is 2. The summed E-state index contributed by atoms with van der Waals surface area (Å²) in [4.78, 5) is 41.1. The SMILES string of the molecule is COC(=O)C1(C(=O)OC)Cc2c(C)nc(OCCNC(=O)OC(C)(C)C)c(C)c2C1. The fourth-order valence-corrected chi connectivity index (χ4v) is 3.54. The van der Waals surface area contributed by atoms with Crippen LogP contribution in [0.1, 0.15) is 43.2 Å². The standard InChI is InChI=1S/C21H30N2O7/c1-12-14-10-21(17(24)27-6,18(25)28-7)11-15(14)13(2)23-16(12)29-9-8-22-19(26)30-20(3,4)5/h8-11H2,1-7H3,(H,22,26). The van der Waals surface area contributed by atoms with Crippen molar-refractivity contribution in [3.63, 3.8) is 0 Å². The lowest BCUT2D eigenvalue weighted by Gasteiger charge is -2.22. The van der Waals surface area contributed by atoms with Crippen molar-refractivity contribution >= 4 is 18.0 Å². The molecule has 0 aliphatic heterocycles. The second-order valence-corrected chi connectivity index (χ2v) is 8.28. The highest BCUT2D eigenvalue weighted by atomic mass is 16.6. The molecule has 1 aromatic heterocycles. The lowest BCUT2D eigenvalue weighted by Crippen LogP contribution is -2.42. The Morgan fingerprint density at radius 3 is 2.13 bits per heavy atom. The predicted octanol–water partition coefficient (Wildman–Crippen LogP) is 2.03. The Morgan fingerprint density at radius 2 is 1.60 bits per heavy atom. The van der Waals surface area contributed by atoms with E-state index in [0.717, 1.165) is 16.7 Å². The molecule has 2 rings (SSSR count). The molecule has 1 amide bonds. The van der Waals surface area contributed by atoms with Gasteiger partial charge in [-0.25, -0.2) is 9.78 Å². The van der Waals surface area contributed by atoms with Crippen LogP contribution in [-0.2, 0) is 36.6 Å². The summed E-state index contributed by atoms with van der Waals surface area (Å²) in [5.41, 5.74) is 1.06. The first kappa shape index (κ1) is 23.4. The maximum Gasteiger partial charge on any atom is 0.407 e. The van der Waals surface area contributed by atoms with Gasteiger partial charge in [-0.1, -0.05) is 0 Å². The summed E-state index contributed by atoms with van der Waals surface area (Å²) in [6.07, 6.45) is -0.201. The van der Waals surface area contributed by atoms with Crippen molar-refractivity contribution in [2.75, 3.05) is 27.4 Å². The number of nitrogens with one attached hydrogen (secondary N) is 1. The average Bonchev–Trinajstić information content (AvgIpc) is 3.09. The normalized spacial score (nSPS) is 14.5. The molecule has 9 nitrogen and oxygen atoms in total. The number of ether oxygens (including phenoxy) is 4. The van der Waals surface area contributed by atoms with Crippen LogP contribution in [0.2, 0.25) is 0 Å². The van der Waals surface area contributed by atoms with Gasteiger partial charge in [0.15, 0.2) is 5.41 Å². The quantitative estimate of drug-likeness (QED) is 0.321. The van der Waals surface area contributed by atoms with Crippen LogP contribution in [0.3, 0.4) is 0 Å². The first-order valence-corrected chi connectivity index (χ1v) is 9.70. The third-order valence-electron chi connectivity index (χ3n) is 4.96. The third-order valence-corrected chi connectivity index (χ3v) is 4.96. The van der Waals surface area contributed by atoms with E-state index in [9.17, 15) is 14.4 Å². The molecule has 1 aliphatic rings. The van der Waals surface area contributed by atoms with Crippen molar-refractivity contribution in [1.82, 2.24) is 10.3 Å². The number of hydrogen-bond donors (Lipinski definition) is 1. The Labute approximate surface area is 176 Å². The summed E-state index contributed by atoms with van der Waals surface area (Å²) in [7, 11) is 2.50. The monoisotopic (exact) mass is 422 g/mol. The number of carbonyl (C=O) groups is 3. The van der Waals surface area contributed by atoms with E-state index in [1.54, 1.807) is 27.7 Å². The highest BCUT2D eigenvalue weighted by molar-refractivity contribution is 6.01. The molecule has 30 heavy (non-hydrogen) atoms. The van der Waals surface area contributed by atoms with Crippen molar-refractivity contribution in [3.05, 3.63) is 22.4 Å². The van der Waals surface area contributed by atoms with Gasteiger partial charge in [-0.3, -0.25) is 9.59 Å². The van der Waals surface area contributed by atoms with Gasteiger partial charge in [0, 0.05) is 24.1 Å². The number of rotatable bonds is 6. The number of aromatic nitrogens is 1. The fraction of sp³-hybridized carbons (Fsp3) is 0.619. The molecule has 1 N–H and O–H groups in total. The molecule has 0 aromatic carbocycles. The first-order valence-electron chi connectivity index (χ1n) is 9.70. The maximum absolute atomic E-state index is 12.5. The van der Waals surface area contributed by atoms with E-state index in [1.807, 2.05) is 6.92 Å². The average molecular weight is 422 g/mol. The largest absolute Gasteiger partial charge is 0.476 e. The molecule has 0 fully saturated rings. The van der Waals surface area contributed by atoms with Crippen molar-refractivity contribution in [3.8, 4) is 5.88 Å². The highest BCUT2D eigenvalue weighted by Crippen LogP contribution is 2.43. The molecule has 0 bridgehead atoms. The molecule has 0 saturated heterocycles. The van der Waals surface area contributed by atoms with Crippen LogP contribution < -0.4 is 10.1 Å². The molecule has 9 heteroatoms. The zero-order valence-corrected chi connectivity index (χ0v) is 18.6. The number of amides is 1. The number of pyridine rings is 1. The van der Waals surface area contributed by atoms with Gasteiger partial charge in [0.25, 0.3) is 0 Å². The van der Waals surface area contributed by atoms with E-state index < -0.39 is 29.0 Å². The lowest BCUT2D eigenvalue weighted by atomic mass is 9.84. The van der Waals surface area contributed by atoms with E-state index in [1.165, 1.54) is 14.2 Å². The Balaban J connectivity index is 2.14. The number of aryl methyl sites for hydroxylation is 1. The minimum absolute atomic E-state index is 0.156. The number of esters is 2. The number of carbonyl (C=O) groups excluding carboxylic acids is 3. The van der Waals surface area contributed by atoms with Crippen LogP contribution >= 0.6 is 0 Å². The molecular weight excluding hydrogens is 392 g/mol. The molecule has 0 saturated carbocycles. The van der Waals surface area contributed by atoms with Crippen LogP contribution in [-0.4, -0.2) is 56.0 Å². The topological polar surface area (TPSA) is 113 Å². The van der Waals surface area contributed by atoms with Crippen molar-refractivity contribution in [2.24, 2.45) is 5.41 Å². The number of nitrogens with zero attached hydrogens (tertiary/aromatic N) is 1. The zero-order valence-electron chi connectivity index (χ0n) is 18.6. The second kappa shape index (κ2) is 8.89. The van der Waals surface area contributed by atoms with Crippen LogP contribution in [0.5, 0.6) is 5.88 Å². The van der Waals surface area contributed by atoms with Crippen LogP contribution in [0.15, 0.2) is 0 Å². The van der Waals surface area contributed by atoms with Crippen LogP contribution in [0.25, 0.3) is 0 Å².